The van der Waals surface area contributed by atoms with E-state index in [1.807, 2.05) is 38.0 Å². The smallest absolute Gasteiger partial charge is 0.223 e. The highest BCUT2D eigenvalue weighted by atomic mass is 35.5. The van der Waals surface area contributed by atoms with E-state index < -0.39 is 0 Å². The molecular formula is C19H23ClN6O. The summed E-state index contributed by atoms with van der Waals surface area (Å²) in [6.45, 7) is 4.37. The number of aromatic hydroxyl groups is 1. The van der Waals surface area contributed by atoms with Crippen molar-refractivity contribution in [3.63, 3.8) is 0 Å². The van der Waals surface area contributed by atoms with Crippen molar-refractivity contribution >= 4 is 17.5 Å². The summed E-state index contributed by atoms with van der Waals surface area (Å²) in [6, 6.07) is 6.78. The number of aryl methyl sites for hydroxylation is 1. The zero-order valence-corrected chi connectivity index (χ0v) is 16.4. The molecule has 0 atom stereocenters. The molecule has 0 saturated carbocycles. The van der Waals surface area contributed by atoms with Gasteiger partial charge in [-0.1, -0.05) is 11.6 Å². The second-order valence-corrected chi connectivity index (χ2v) is 6.88. The third kappa shape index (κ3) is 4.75. The molecule has 2 heterocycles. The lowest BCUT2D eigenvalue weighted by atomic mass is 10.1. The third-order valence-corrected chi connectivity index (χ3v) is 4.23. The molecule has 3 rings (SSSR count). The van der Waals surface area contributed by atoms with Gasteiger partial charge in [0.2, 0.25) is 5.95 Å². The number of anilines is 1. The first kappa shape index (κ1) is 19.1. The van der Waals surface area contributed by atoms with Gasteiger partial charge in [0.25, 0.3) is 0 Å². The van der Waals surface area contributed by atoms with Crippen molar-refractivity contribution in [2.24, 2.45) is 0 Å². The number of nitrogens with one attached hydrogen (secondary N) is 1. The minimum atomic E-state index is 0.100. The fraction of sp³-hybridized carbons (Fsp3) is 0.316. The molecule has 0 spiro atoms. The van der Waals surface area contributed by atoms with Crippen molar-refractivity contribution in [2.75, 3.05) is 32.5 Å². The Labute approximate surface area is 163 Å². The Bertz CT molecular complexity index is 904. The summed E-state index contributed by atoms with van der Waals surface area (Å²) in [5.74, 6) is 0.668. The first-order valence-corrected chi connectivity index (χ1v) is 9.13. The number of hydrogen-bond donors (Lipinski definition) is 2. The van der Waals surface area contributed by atoms with Gasteiger partial charge in [0.05, 0.1) is 5.69 Å². The van der Waals surface area contributed by atoms with Gasteiger partial charge in [0.15, 0.2) is 0 Å². The predicted octanol–water partition coefficient (Wildman–Crippen LogP) is 3.36. The van der Waals surface area contributed by atoms with Gasteiger partial charge in [0.1, 0.15) is 11.4 Å². The van der Waals surface area contributed by atoms with Crippen LogP contribution in [-0.4, -0.2) is 56.9 Å². The number of benzene rings is 1. The van der Waals surface area contributed by atoms with Crippen LogP contribution in [-0.2, 0) is 6.54 Å². The molecule has 0 saturated heterocycles. The van der Waals surface area contributed by atoms with E-state index >= 15 is 0 Å². The molecule has 8 heteroatoms. The van der Waals surface area contributed by atoms with E-state index in [0.29, 0.717) is 16.7 Å². The summed E-state index contributed by atoms with van der Waals surface area (Å²) in [5.41, 5.74) is 3.07. The molecule has 3 aromatic rings. The normalized spacial score (nSPS) is 11.1. The molecule has 0 amide bonds. The topological polar surface area (TPSA) is 79.1 Å². The summed E-state index contributed by atoms with van der Waals surface area (Å²) in [7, 11) is 4.04. The zero-order valence-electron chi connectivity index (χ0n) is 15.6. The molecule has 1 aromatic carbocycles. The van der Waals surface area contributed by atoms with E-state index in [2.05, 4.69) is 25.3 Å². The van der Waals surface area contributed by atoms with Gasteiger partial charge in [-0.3, -0.25) is 4.68 Å². The Morgan fingerprint density at radius 1 is 1.26 bits per heavy atom. The van der Waals surface area contributed by atoms with Crippen LogP contribution >= 0.6 is 11.6 Å². The van der Waals surface area contributed by atoms with Crippen LogP contribution in [0.4, 0.5) is 5.95 Å². The summed E-state index contributed by atoms with van der Waals surface area (Å²) in [4.78, 5) is 11.0. The summed E-state index contributed by atoms with van der Waals surface area (Å²) in [6.07, 6.45) is 3.67. The van der Waals surface area contributed by atoms with E-state index in [9.17, 15) is 5.11 Å². The van der Waals surface area contributed by atoms with Crippen molar-refractivity contribution in [1.29, 1.82) is 0 Å². The lowest BCUT2D eigenvalue weighted by molar-refractivity contribution is 0.425. The van der Waals surface area contributed by atoms with Crippen LogP contribution in [0.15, 0.2) is 36.7 Å². The van der Waals surface area contributed by atoms with Crippen molar-refractivity contribution in [3.05, 3.63) is 41.7 Å². The average molecular weight is 387 g/mol. The number of nitrogens with zero attached hydrogens (tertiary/aromatic N) is 5. The van der Waals surface area contributed by atoms with Crippen LogP contribution in [0.25, 0.3) is 22.5 Å². The molecule has 0 aliphatic carbocycles. The molecule has 0 unspecified atom stereocenters. The number of likely N-dealkylation sites (N-methyl/N-ethyl adjacent to an activating group) is 1. The first-order chi connectivity index (χ1) is 13.0. The summed E-state index contributed by atoms with van der Waals surface area (Å²) in [5, 5.41) is 18.2. The van der Waals surface area contributed by atoms with Crippen molar-refractivity contribution in [3.8, 4) is 28.3 Å². The Hall–Kier alpha value is -2.64. The molecular weight excluding hydrogens is 364 g/mol. The van der Waals surface area contributed by atoms with Gasteiger partial charge in [-0.25, -0.2) is 9.97 Å². The van der Waals surface area contributed by atoms with Crippen molar-refractivity contribution < 1.29 is 5.11 Å². The van der Waals surface area contributed by atoms with Gasteiger partial charge >= 0.3 is 0 Å². The second-order valence-electron chi connectivity index (χ2n) is 6.44. The first-order valence-electron chi connectivity index (χ1n) is 8.75. The molecule has 2 N–H and O–H groups in total. The fourth-order valence-electron chi connectivity index (χ4n) is 2.68. The summed E-state index contributed by atoms with van der Waals surface area (Å²) < 4.78 is 1.84. The third-order valence-electron chi connectivity index (χ3n) is 4.02. The van der Waals surface area contributed by atoms with Crippen molar-refractivity contribution in [2.45, 2.75) is 13.5 Å². The maximum Gasteiger partial charge on any atom is 0.223 e. The zero-order chi connectivity index (χ0) is 19.4. The van der Waals surface area contributed by atoms with E-state index in [1.165, 1.54) is 6.07 Å². The number of halogens is 1. The van der Waals surface area contributed by atoms with Gasteiger partial charge in [0, 0.05) is 48.2 Å². The molecule has 0 aliphatic heterocycles. The molecule has 0 aliphatic rings. The van der Waals surface area contributed by atoms with Gasteiger partial charge in [-0.2, -0.15) is 5.10 Å². The Kier molecular flexibility index (Phi) is 5.93. The highest BCUT2D eigenvalue weighted by Gasteiger charge is 2.16. The molecule has 2 aromatic heterocycles. The Morgan fingerprint density at radius 3 is 2.78 bits per heavy atom. The standard InChI is InChI=1S/C19H23ClN6O/c1-4-26-12-16(18(24-26)13-9-14(20)11-15(27)10-13)17-5-6-21-19(23-17)22-7-8-25(2)3/h5-6,9-12,27H,4,7-8H2,1-3H3,(H,21,22,23). The minimum absolute atomic E-state index is 0.100. The van der Waals surface area contributed by atoms with Crippen LogP contribution in [0.5, 0.6) is 5.75 Å². The second kappa shape index (κ2) is 8.37. The predicted molar refractivity (Wildman–Crippen MR) is 108 cm³/mol. The van der Waals surface area contributed by atoms with E-state index in [1.54, 1.807) is 18.3 Å². The highest BCUT2D eigenvalue weighted by Crippen LogP contribution is 2.33. The summed E-state index contributed by atoms with van der Waals surface area (Å²) >= 11 is 6.11. The molecule has 0 bridgehead atoms. The largest absolute Gasteiger partial charge is 0.508 e. The van der Waals surface area contributed by atoms with Crippen LogP contribution < -0.4 is 5.32 Å². The maximum absolute atomic E-state index is 9.91. The van der Waals surface area contributed by atoms with Gasteiger partial charge < -0.3 is 15.3 Å². The average Bonchev–Trinajstić information content (AvgIpc) is 3.05. The maximum atomic E-state index is 9.91. The van der Waals surface area contributed by atoms with E-state index in [-0.39, 0.29) is 5.75 Å². The number of phenols is 1. The van der Waals surface area contributed by atoms with E-state index in [4.69, 9.17) is 11.6 Å². The SMILES string of the molecule is CCn1cc(-c2ccnc(NCCN(C)C)n2)c(-c2cc(O)cc(Cl)c2)n1. The van der Waals surface area contributed by atoms with E-state index in [0.717, 1.165) is 36.5 Å². The van der Waals surface area contributed by atoms with Crippen LogP contribution in [0, 0.1) is 0 Å². The highest BCUT2D eigenvalue weighted by molar-refractivity contribution is 6.31. The monoisotopic (exact) mass is 386 g/mol. The number of hydrogen-bond acceptors (Lipinski definition) is 6. The van der Waals surface area contributed by atoms with Crippen LogP contribution in [0.1, 0.15) is 6.92 Å². The quantitative estimate of drug-likeness (QED) is 0.648. The molecule has 0 radical (unpaired) electrons. The Balaban J connectivity index is 1.98. The molecule has 0 fully saturated rings. The van der Waals surface area contributed by atoms with Gasteiger partial charge in [-0.15, -0.1) is 0 Å². The molecule has 27 heavy (non-hydrogen) atoms. The number of rotatable bonds is 7. The van der Waals surface area contributed by atoms with Crippen LogP contribution in [0.2, 0.25) is 5.02 Å². The number of phenolic OH excluding ortho intramolecular Hbond substituents is 1. The Morgan fingerprint density at radius 2 is 2.07 bits per heavy atom. The molecule has 7 nitrogen and oxygen atoms in total. The van der Waals surface area contributed by atoms with Crippen LogP contribution in [0.3, 0.4) is 0 Å². The number of aromatic nitrogens is 4. The minimum Gasteiger partial charge on any atom is -0.508 e. The van der Waals surface area contributed by atoms with Crippen molar-refractivity contribution in [1.82, 2.24) is 24.6 Å². The molecule has 142 valence electrons. The lowest BCUT2D eigenvalue weighted by Crippen LogP contribution is -2.21. The van der Waals surface area contributed by atoms with Gasteiger partial charge in [-0.05, 0) is 45.3 Å². The lowest BCUT2D eigenvalue weighted by Gasteiger charge is -2.10. The fourth-order valence-corrected chi connectivity index (χ4v) is 2.91.